The normalized spacial score (nSPS) is 29.1. The van der Waals surface area contributed by atoms with Crippen LogP contribution in [0.25, 0.3) is 0 Å². The number of carbonyl (C=O) groups is 1. The number of nitrogens with one attached hydrogen (secondary N) is 2. The van der Waals surface area contributed by atoms with E-state index in [4.69, 9.17) is 4.74 Å². The van der Waals surface area contributed by atoms with Gasteiger partial charge in [0, 0.05) is 11.7 Å². The molecule has 0 aromatic heterocycles. The first-order valence-electron chi connectivity index (χ1n) is 7.45. The van der Waals surface area contributed by atoms with E-state index in [-0.39, 0.29) is 12.5 Å². The van der Waals surface area contributed by atoms with Crippen molar-refractivity contribution in [1.29, 1.82) is 0 Å². The third kappa shape index (κ3) is 2.74. The van der Waals surface area contributed by atoms with Gasteiger partial charge in [0.15, 0.2) is 6.61 Å². The Kier molecular flexibility index (Phi) is 3.55. The molecular formula is C16H22N2O2. The minimum Gasteiger partial charge on any atom is -0.482 e. The van der Waals surface area contributed by atoms with E-state index in [0.717, 1.165) is 23.0 Å². The van der Waals surface area contributed by atoms with E-state index in [1.54, 1.807) is 0 Å². The zero-order valence-electron chi connectivity index (χ0n) is 12.1. The topological polar surface area (TPSA) is 50.4 Å². The van der Waals surface area contributed by atoms with Crippen LogP contribution in [-0.4, -0.2) is 18.6 Å². The van der Waals surface area contributed by atoms with Crippen molar-refractivity contribution in [3.05, 3.63) is 18.2 Å². The first kappa shape index (κ1) is 13.3. The van der Waals surface area contributed by atoms with E-state index >= 15 is 0 Å². The smallest absolute Gasteiger partial charge is 0.262 e. The van der Waals surface area contributed by atoms with Gasteiger partial charge in [-0.15, -0.1) is 0 Å². The third-order valence-electron chi connectivity index (χ3n) is 4.40. The largest absolute Gasteiger partial charge is 0.482 e. The molecule has 2 N–H and O–H groups in total. The molecule has 1 amide bonds. The molecule has 3 atom stereocenters. The lowest BCUT2D eigenvalue weighted by Crippen LogP contribution is -2.33. The predicted molar refractivity (Wildman–Crippen MR) is 80.2 cm³/mol. The summed E-state index contributed by atoms with van der Waals surface area (Å²) < 4.78 is 5.38. The molecule has 4 nitrogen and oxygen atoms in total. The summed E-state index contributed by atoms with van der Waals surface area (Å²) in [5.41, 5.74) is 1.82. The molecule has 1 aliphatic heterocycles. The van der Waals surface area contributed by atoms with Gasteiger partial charge in [0.1, 0.15) is 5.75 Å². The number of hydrogen-bond acceptors (Lipinski definition) is 3. The van der Waals surface area contributed by atoms with E-state index in [1.165, 1.54) is 19.3 Å². The number of carbonyl (C=O) groups excluding carboxylic acids is 1. The first-order chi connectivity index (χ1) is 9.61. The summed E-state index contributed by atoms with van der Waals surface area (Å²) in [5.74, 6) is 2.18. The minimum atomic E-state index is -0.0884. The number of rotatable bonds is 2. The van der Waals surface area contributed by atoms with Crippen molar-refractivity contribution in [3.8, 4) is 5.75 Å². The van der Waals surface area contributed by atoms with Crippen molar-refractivity contribution in [2.75, 3.05) is 17.2 Å². The van der Waals surface area contributed by atoms with E-state index in [0.29, 0.717) is 12.0 Å². The second kappa shape index (κ2) is 5.35. The summed E-state index contributed by atoms with van der Waals surface area (Å²) in [4.78, 5) is 11.4. The van der Waals surface area contributed by atoms with Crippen LogP contribution in [0.15, 0.2) is 18.2 Å². The maximum Gasteiger partial charge on any atom is 0.262 e. The highest BCUT2D eigenvalue weighted by Crippen LogP contribution is 2.34. The molecule has 108 valence electrons. The van der Waals surface area contributed by atoms with Crippen LogP contribution < -0.4 is 15.4 Å². The van der Waals surface area contributed by atoms with Crippen LogP contribution in [0.2, 0.25) is 0 Å². The van der Waals surface area contributed by atoms with Gasteiger partial charge in [-0.05, 0) is 49.3 Å². The fourth-order valence-electron chi connectivity index (χ4n) is 3.27. The molecule has 0 saturated heterocycles. The number of ether oxygens (including phenoxy) is 1. The maximum absolute atomic E-state index is 11.4. The Balaban J connectivity index is 1.72. The predicted octanol–water partition coefficient (Wildman–Crippen LogP) is 3.25. The summed E-state index contributed by atoms with van der Waals surface area (Å²) in [7, 11) is 0. The van der Waals surface area contributed by atoms with Gasteiger partial charge in [0.2, 0.25) is 0 Å². The Bertz CT molecular complexity index is 515. The van der Waals surface area contributed by atoms with Gasteiger partial charge in [-0.3, -0.25) is 4.79 Å². The van der Waals surface area contributed by atoms with Gasteiger partial charge in [-0.25, -0.2) is 0 Å². The van der Waals surface area contributed by atoms with Crippen LogP contribution in [0.4, 0.5) is 11.4 Å². The van der Waals surface area contributed by atoms with Crippen molar-refractivity contribution in [2.24, 2.45) is 11.8 Å². The van der Waals surface area contributed by atoms with Crippen LogP contribution >= 0.6 is 0 Å². The van der Waals surface area contributed by atoms with Crippen molar-refractivity contribution >= 4 is 17.3 Å². The standard InChI is InChI=1S/C16H22N2O2/c1-10-3-5-13(11(2)7-10)17-12-4-6-15-14(8-12)18-16(19)9-20-15/h4,6,8,10-11,13,17H,3,5,7,9H2,1-2H3,(H,18,19). The molecule has 1 aromatic rings. The highest BCUT2D eigenvalue weighted by atomic mass is 16.5. The van der Waals surface area contributed by atoms with Gasteiger partial charge in [-0.2, -0.15) is 0 Å². The number of benzene rings is 1. The summed E-state index contributed by atoms with van der Waals surface area (Å²) in [6.07, 6.45) is 3.78. The zero-order valence-corrected chi connectivity index (χ0v) is 12.1. The minimum absolute atomic E-state index is 0.0884. The van der Waals surface area contributed by atoms with Gasteiger partial charge in [0.05, 0.1) is 5.69 Å². The molecule has 1 heterocycles. The van der Waals surface area contributed by atoms with Crippen molar-refractivity contribution in [1.82, 2.24) is 0 Å². The van der Waals surface area contributed by atoms with Crippen molar-refractivity contribution < 1.29 is 9.53 Å². The average Bonchev–Trinajstić information content (AvgIpc) is 2.41. The first-order valence-corrected chi connectivity index (χ1v) is 7.45. The Morgan fingerprint density at radius 1 is 1.30 bits per heavy atom. The SMILES string of the molecule is CC1CCC(Nc2ccc3c(c2)NC(=O)CO3)C(C)C1. The maximum atomic E-state index is 11.4. The Morgan fingerprint density at radius 3 is 2.95 bits per heavy atom. The molecule has 20 heavy (non-hydrogen) atoms. The number of amides is 1. The van der Waals surface area contributed by atoms with Gasteiger partial charge < -0.3 is 15.4 Å². The van der Waals surface area contributed by atoms with E-state index in [9.17, 15) is 4.79 Å². The summed E-state index contributed by atoms with van der Waals surface area (Å²) in [5, 5.41) is 6.46. The second-order valence-electron chi connectivity index (χ2n) is 6.19. The monoisotopic (exact) mass is 274 g/mol. The molecule has 3 rings (SSSR count). The third-order valence-corrected chi connectivity index (χ3v) is 4.40. The van der Waals surface area contributed by atoms with Gasteiger partial charge in [0.25, 0.3) is 5.91 Å². The highest BCUT2D eigenvalue weighted by molar-refractivity contribution is 5.96. The Hall–Kier alpha value is -1.71. The van der Waals surface area contributed by atoms with Gasteiger partial charge >= 0.3 is 0 Å². The fraction of sp³-hybridized carbons (Fsp3) is 0.562. The van der Waals surface area contributed by atoms with Crippen LogP contribution in [0, 0.1) is 11.8 Å². The van der Waals surface area contributed by atoms with E-state index < -0.39 is 0 Å². The van der Waals surface area contributed by atoms with Crippen molar-refractivity contribution in [3.63, 3.8) is 0 Å². The average molecular weight is 274 g/mol. The number of anilines is 2. The molecule has 0 radical (unpaired) electrons. The molecule has 3 unspecified atom stereocenters. The second-order valence-corrected chi connectivity index (χ2v) is 6.19. The summed E-state index contributed by atoms with van der Waals surface area (Å²) in [6, 6.07) is 6.44. The fourth-order valence-corrected chi connectivity index (χ4v) is 3.27. The molecule has 0 bridgehead atoms. The zero-order chi connectivity index (χ0) is 14.1. The molecule has 4 heteroatoms. The number of fused-ring (bicyclic) bond motifs is 1. The molecule has 1 aromatic carbocycles. The summed E-state index contributed by atoms with van der Waals surface area (Å²) >= 11 is 0. The van der Waals surface area contributed by atoms with E-state index in [2.05, 4.69) is 24.5 Å². The Morgan fingerprint density at radius 2 is 2.15 bits per heavy atom. The van der Waals surface area contributed by atoms with Crippen LogP contribution in [0.3, 0.4) is 0 Å². The molecular weight excluding hydrogens is 252 g/mol. The molecule has 0 spiro atoms. The quantitative estimate of drug-likeness (QED) is 0.870. The molecule has 1 saturated carbocycles. The Labute approximate surface area is 119 Å². The number of hydrogen-bond donors (Lipinski definition) is 2. The van der Waals surface area contributed by atoms with Crippen molar-refractivity contribution in [2.45, 2.75) is 39.2 Å². The lowest BCUT2D eigenvalue weighted by Gasteiger charge is -2.34. The lowest BCUT2D eigenvalue weighted by atomic mass is 9.80. The van der Waals surface area contributed by atoms with Gasteiger partial charge in [-0.1, -0.05) is 13.8 Å². The van der Waals surface area contributed by atoms with Crippen LogP contribution in [0.5, 0.6) is 5.75 Å². The van der Waals surface area contributed by atoms with Crippen LogP contribution in [0.1, 0.15) is 33.1 Å². The highest BCUT2D eigenvalue weighted by Gasteiger charge is 2.25. The van der Waals surface area contributed by atoms with Crippen LogP contribution in [-0.2, 0) is 4.79 Å². The van der Waals surface area contributed by atoms with E-state index in [1.807, 2.05) is 18.2 Å². The molecule has 1 aliphatic carbocycles. The molecule has 2 aliphatic rings. The molecule has 1 fully saturated rings. The summed E-state index contributed by atoms with van der Waals surface area (Å²) in [6.45, 7) is 4.76. The lowest BCUT2D eigenvalue weighted by molar-refractivity contribution is -0.118.